The van der Waals surface area contributed by atoms with Crippen molar-refractivity contribution >= 4 is 15.9 Å². The Bertz CT molecular complexity index is 881. The van der Waals surface area contributed by atoms with Gasteiger partial charge in [-0.2, -0.15) is 0 Å². The van der Waals surface area contributed by atoms with Crippen LogP contribution in [0.4, 0.5) is 0 Å². The molecular weight excluding hydrogens is 402 g/mol. The van der Waals surface area contributed by atoms with E-state index in [-0.39, 0.29) is 0 Å². The molecule has 0 atom stereocenters. The fourth-order valence-electron chi connectivity index (χ4n) is 2.89. The van der Waals surface area contributed by atoms with Crippen LogP contribution < -0.4 is 14.8 Å². The van der Waals surface area contributed by atoms with E-state index in [1.807, 2.05) is 24.3 Å². The van der Waals surface area contributed by atoms with Crippen LogP contribution in [0, 0.1) is 6.92 Å². The monoisotopic (exact) mass is 425 g/mol. The third-order valence-corrected chi connectivity index (χ3v) is 5.04. The number of benzene rings is 3. The Hall–Kier alpha value is -2.30. The maximum atomic E-state index is 6.00. The van der Waals surface area contributed by atoms with E-state index in [0.717, 1.165) is 40.2 Å². The lowest BCUT2D eigenvalue weighted by Crippen LogP contribution is -2.13. The third kappa shape index (κ3) is 5.59. The van der Waals surface area contributed by atoms with Gasteiger partial charge in [-0.3, -0.25) is 0 Å². The molecule has 1 N–H and O–H groups in total. The molecule has 0 aliphatic rings. The average molecular weight is 426 g/mol. The molecule has 0 aliphatic carbocycles. The molecule has 140 valence electrons. The molecule has 3 aromatic carbocycles. The Morgan fingerprint density at radius 1 is 0.852 bits per heavy atom. The summed E-state index contributed by atoms with van der Waals surface area (Å²) >= 11 is 3.66. The highest BCUT2D eigenvalue weighted by Gasteiger charge is 2.11. The zero-order valence-corrected chi connectivity index (χ0v) is 17.3. The second-order valence-corrected chi connectivity index (χ2v) is 7.32. The summed E-state index contributed by atoms with van der Waals surface area (Å²) in [4.78, 5) is 0. The molecule has 3 nitrogen and oxygen atoms in total. The minimum absolute atomic E-state index is 0.510. The summed E-state index contributed by atoms with van der Waals surface area (Å²) in [5.74, 6) is 1.47. The van der Waals surface area contributed by atoms with Crippen LogP contribution >= 0.6 is 15.9 Å². The van der Waals surface area contributed by atoms with E-state index in [0.29, 0.717) is 6.61 Å². The average Bonchev–Trinajstić information content (AvgIpc) is 2.68. The van der Waals surface area contributed by atoms with E-state index in [1.54, 1.807) is 7.11 Å². The summed E-state index contributed by atoms with van der Waals surface area (Å²) in [7, 11) is 1.67. The molecule has 0 aromatic heterocycles. The molecule has 0 aliphatic heterocycles. The third-order valence-electron chi connectivity index (χ3n) is 4.30. The van der Waals surface area contributed by atoms with Crippen LogP contribution in [0.15, 0.2) is 71.2 Å². The van der Waals surface area contributed by atoms with Crippen molar-refractivity contribution in [2.24, 2.45) is 0 Å². The van der Waals surface area contributed by atoms with Crippen LogP contribution in [0.2, 0.25) is 0 Å². The molecule has 0 fully saturated rings. The Labute approximate surface area is 169 Å². The Morgan fingerprint density at radius 3 is 2.37 bits per heavy atom. The predicted octanol–water partition coefficient (Wildman–Crippen LogP) is 5.63. The summed E-state index contributed by atoms with van der Waals surface area (Å²) in [6.45, 7) is 4.15. The number of methoxy groups -OCH3 is 1. The van der Waals surface area contributed by atoms with E-state index in [4.69, 9.17) is 9.47 Å². The molecule has 3 aromatic rings. The van der Waals surface area contributed by atoms with Crippen molar-refractivity contribution in [1.82, 2.24) is 5.32 Å². The van der Waals surface area contributed by atoms with Crippen molar-refractivity contribution in [3.63, 3.8) is 0 Å². The molecule has 0 radical (unpaired) electrons. The maximum absolute atomic E-state index is 6.00. The fourth-order valence-corrected chi connectivity index (χ4v) is 3.35. The SMILES string of the molecule is COc1cc(CNCc2ccccc2)c(Br)cc1OCc1cccc(C)c1. The smallest absolute Gasteiger partial charge is 0.162 e. The summed E-state index contributed by atoms with van der Waals surface area (Å²) in [6, 6.07) is 22.7. The Morgan fingerprint density at radius 2 is 1.63 bits per heavy atom. The molecular formula is C23H24BrNO2. The number of hydrogen-bond donors (Lipinski definition) is 1. The summed E-state index contributed by atoms with van der Waals surface area (Å²) in [5.41, 5.74) is 4.76. The normalized spacial score (nSPS) is 10.6. The standard InChI is InChI=1S/C23H24BrNO2/c1-17-7-6-10-19(11-17)16-27-23-13-21(24)20(12-22(23)26-2)15-25-14-18-8-4-3-5-9-18/h3-13,25H,14-16H2,1-2H3. The zero-order chi connectivity index (χ0) is 19.1. The number of halogens is 1. The lowest BCUT2D eigenvalue weighted by atomic mass is 10.1. The van der Waals surface area contributed by atoms with Gasteiger partial charge in [-0.15, -0.1) is 0 Å². The van der Waals surface area contributed by atoms with Crippen molar-refractivity contribution in [2.75, 3.05) is 7.11 Å². The first-order valence-corrected chi connectivity index (χ1v) is 9.74. The summed E-state index contributed by atoms with van der Waals surface area (Å²) in [5, 5.41) is 3.47. The lowest BCUT2D eigenvalue weighted by molar-refractivity contribution is 0.284. The van der Waals surface area contributed by atoms with Crippen molar-refractivity contribution < 1.29 is 9.47 Å². The first kappa shape index (κ1) is 19.5. The van der Waals surface area contributed by atoms with Gasteiger partial charge in [0.15, 0.2) is 11.5 Å². The number of rotatable bonds is 8. The molecule has 0 bridgehead atoms. The second kappa shape index (κ2) is 9.58. The van der Waals surface area contributed by atoms with Crippen molar-refractivity contribution in [1.29, 1.82) is 0 Å². The first-order chi connectivity index (χ1) is 13.2. The van der Waals surface area contributed by atoms with Crippen LogP contribution in [0.3, 0.4) is 0 Å². The molecule has 0 heterocycles. The number of aryl methyl sites for hydroxylation is 1. The molecule has 4 heteroatoms. The highest BCUT2D eigenvalue weighted by Crippen LogP contribution is 2.34. The van der Waals surface area contributed by atoms with E-state index in [1.165, 1.54) is 11.1 Å². The quantitative estimate of drug-likeness (QED) is 0.506. The maximum Gasteiger partial charge on any atom is 0.162 e. The summed E-state index contributed by atoms with van der Waals surface area (Å²) in [6.07, 6.45) is 0. The van der Waals surface area contributed by atoms with Crippen molar-refractivity contribution in [2.45, 2.75) is 26.6 Å². The van der Waals surface area contributed by atoms with E-state index >= 15 is 0 Å². The van der Waals surface area contributed by atoms with Gasteiger partial charge < -0.3 is 14.8 Å². The molecule has 0 spiro atoms. The zero-order valence-electron chi connectivity index (χ0n) is 15.7. The second-order valence-electron chi connectivity index (χ2n) is 6.46. The molecule has 27 heavy (non-hydrogen) atoms. The van der Waals surface area contributed by atoms with Crippen LogP contribution in [0.25, 0.3) is 0 Å². The largest absolute Gasteiger partial charge is 0.493 e. The molecule has 0 amide bonds. The van der Waals surface area contributed by atoms with Gasteiger partial charge >= 0.3 is 0 Å². The van der Waals surface area contributed by atoms with Crippen LogP contribution in [-0.4, -0.2) is 7.11 Å². The topological polar surface area (TPSA) is 30.5 Å². The van der Waals surface area contributed by atoms with Crippen LogP contribution in [-0.2, 0) is 19.7 Å². The minimum Gasteiger partial charge on any atom is -0.493 e. The van der Waals surface area contributed by atoms with Gasteiger partial charge in [0.05, 0.1) is 7.11 Å². The van der Waals surface area contributed by atoms with Gasteiger partial charge in [-0.1, -0.05) is 76.1 Å². The summed E-state index contributed by atoms with van der Waals surface area (Å²) < 4.78 is 12.6. The van der Waals surface area contributed by atoms with Crippen LogP contribution in [0.1, 0.15) is 22.3 Å². The number of ether oxygens (including phenoxy) is 2. The van der Waals surface area contributed by atoms with Gasteiger partial charge in [0.25, 0.3) is 0 Å². The molecule has 0 saturated carbocycles. The van der Waals surface area contributed by atoms with Gasteiger partial charge in [0.1, 0.15) is 6.61 Å². The predicted molar refractivity (Wildman–Crippen MR) is 113 cm³/mol. The van der Waals surface area contributed by atoms with Gasteiger partial charge in [0, 0.05) is 17.6 Å². The highest BCUT2D eigenvalue weighted by atomic mass is 79.9. The van der Waals surface area contributed by atoms with Crippen molar-refractivity contribution in [3.05, 3.63) is 93.5 Å². The lowest BCUT2D eigenvalue weighted by Gasteiger charge is -2.15. The van der Waals surface area contributed by atoms with Gasteiger partial charge in [-0.25, -0.2) is 0 Å². The fraction of sp³-hybridized carbons (Fsp3) is 0.217. The molecule has 0 saturated heterocycles. The number of nitrogens with one attached hydrogen (secondary N) is 1. The van der Waals surface area contributed by atoms with E-state index in [2.05, 4.69) is 70.6 Å². The highest BCUT2D eigenvalue weighted by molar-refractivity contribution is 9.10. The Kier molecular flexibility index (Phi) is 6.91. The van der Waals surface area contributed by atoms with E-state index in [9.17, 15) is 0 Å². The Balaban J connectivity index is 1.65. The molecule has 0 unspecified atom stereocenters. The minimum atomic E-state index is 0.510. The van der Waals surface area contributed by atoms with Gasteiger partial charge in [-0.05, 0) is 35.7 Å². The molecule has 3 rings (SSSR count). The first-order valence-electron chi connectivity index (χ1n) is 8.95. The van der Waals surface area contributed by atoms with E-state index < -0.39 is 0 Å². The van der Waals surface area contributed by atoms with Crippen LogP contribution in [0.5, 0.6) is 11.5 Å². The number of hydrogen-bond acceptors (Lipinski definition) is 3. The van der Waals surface area contributed by atoms with Gasteiger partial charge in [0.2, 0.25) is 0 Å². The van der Waals surface area contributed by atoms with Crippen molar-refractivity contribution in [3.8, 4) is 11.5 Å².